The van der Waals surface area contributed by atoms with E-state index in [0.717, 1.165) is 19.3 Å². The average molecular weight is 282 g/mol. The van der Waals surface area contributed by atoms with E-state index in [9.17, 15) is 5.11 Å². The molecule has 1 unspecified atom stereocenters. The second-order valence-electron chi connectivity index (χ2n) is 7.81. The molecule has 3 aliphatic heterocycles. The largest absolute Gasteiger partial charge is 0.365 e. The van der Waals surface area contributed by atoms with Crippen LogP contribution in [-0.4, -0.2) is 28.6 Å². The van der Waals surface area contributed by atoms with Crippen molar-refractivity contribution < 1.29 is 19.3 Å². The zero-order chi connectivity index (χ0) is 14.3. The van der Waals surface area contributed by atoms with Gasteiger partial charge in [0.1, 0.15) is 5.60 Å². The molecule has 1 aliphatic carbocycles. The Hall–Kier alpha value is -0.160. The third-order valence-corrected chi connectivity index (χ3v) is 6.60. The van der Waals surface area contributed by atoms with Crippen LogP contribution in [0.5, 0.6) is 0 Å². The molecule has 0 aromatic carbocycles. The van der Waals surface area contributed by atoms with Crippen LogP contribution in [-0.2, 0) is 14.2 Å². The van der Waals surface area contributed by atoms with Gasteiger partial charge in [-0.2, -0.15) is 0 Å². The predicted molar refractivity (Wildman–Crippen MR) is 72.6 cm³/mol. The minimum Gasteiger partial charge on any atom is -0.365 e. The van der Waals surface area contributed by atoms with Crippen LogP contribution < -0.4 is 0 Å². The van der Waals surface area contributed by atoms with E-state index >= 15 is 0 Å². The number of ether oxygens (including phenoxy) is 3. The van der Waals surface area contributed by atoms with Crippen LogP contribution in [0.15, 0.2) is 0 Å². The van der Waals surface area contributed by atoms with Gasteiger partial charge in [-0.05, 0) is 44.9 Å². The summed E-state index contributed by atoms with van der Waals surface area (Å²) < 4.78 is 18.6. The smallest absolute Gasteiger partial charge is 0.193 e. The molecule has 2 bridgehead atoms. The Balaban J connectivity index is 1.83. The summed E-state index contributed by atoms with van der Waals surface area (Å²) in [6.45, 7) is 8.21. The molecule has 1 N–H and O–H groups in total. The van der Waals surface area contributed by atoms with Gasteiger partial charge in [0, 0.05) is 18.3 Å². The molecule has 8 atom stereocenters. The van der Waals surface area contributed by atoms with Crippen molar-refractivity contribution in [3.8, 4) is 0 Å². The molecule has 3 saturated heterocycles. The third-order valence-electron chi connectivity index (χ3n) is 6.60. The summed E-state index contributed by atoms with van der Waals surface area (Å²) in [5, 5.41) is 10.6. The van der Waals surface area contributed by atoms with Crippen molar-refractivity contribution in [1.29, 1.82) is 0 Å². The topological polar surface area (TPSA) is 47.9 Å². The lowest BCUT2D eigenvalue weighted by Gasteiger charge is -2.59. The lowest BCUT2D eigenvalue weighted by Crippen LogP contribution is -2.68. The Morgan fingerprint density at radius 3 is 2.50 bits per heavy atom. The molecule has 0 aromatic rings. The summed E-state index contributed by atoms with van der Waals surface area (Å²) in [5.74, 6) is -0.143. The molecule has 114 valence electrons. The molecule has 20 heavy (non-hydrogen) atoms. The summed E-state index contributed by atoms with van der Waals surface area (Å²) in [6.07, 6.45) is 3.95. The molecule has 0 radical (unpaired) electrons. The third kappa shape index (κ3) is 1.46. The quantitative estimate of drug-likeness (QED) is 0.742. The van der Waals surface area contributed by atoms with Crippen molar-refractivity contribution in [3.05, 3.63) is 0 Å². The molecule has 4 heteroatoms. The van der Waals surface area contributed by atoms with Crippen molar-refractivity contribution >= 4 is 0 Å². The van der Waals surface area contributed by atoms with Gasteiger partial charge in [-0.25, -0.2) is 0 Å². The molecular formula is C16H26O4. The minimum atomic E-state index is -1.12. The van der Waals surface area contributed by atoms with Crippen molar-refractivity contribution in [2.45, 2.75) is 76.8 Å². The highest BCUT2D eigenvalue weighted by molar-refractivity contribution is 5.13. The Morgan fingerprint density at radius 2 is 1.75 bits per heavy atom. The van der Waals surface area contributed by atoms with E-state index in [2.05, 4.69) is 13.8 Å². The van der Waals surface area contributed by atoms with Gasteiger partial charge in [0.25, 0.3) is 0 Å². The minimum absolute atomic E-state index is 0.0674. The van der Waals surface area contributed by atoms with E-state index in [0.29, 0.717) is 17.8 Å². The fourth-order valence-electron chi connectivity index (χ4n) is 5.35. The standard InChI is InChI=1S/C16H26O4/c1-9-5-6-12-10(2)15(4,17)19-13-16(12)11(9)7-8-14(3,18-13)20-16/h9-13,17H,5-8H2,1-4H3/t9-,10-,11?,12+,13+,14+,15+,16-/m1/s1. The first-order valence-corrected chi connectivity index (χ1v) is 8.07. The Labute approximate surface area is 120 Å². The highest BCUT2D eigenvalue weighted by Gasteiger charge is 2.72. The number of fused-ring (bicyclic) bond motifs is 1. The van der Waals surface area contributed by atoms with Gasteiger partial charge in [-0.1, -0.05) is 13.8 Å². The SMILES string of the molecule is C[C@@H]1CC[C@H]2[C@@H](C)[C@@](C)(O)O[C@@H]3O[C@]4(C)CCC1[C@]32O4. The number of aliphatic hydroxyl groups is 1. The molecule has 0 amide bonds. The highest BCUT2D eigenvalue weighted by atomic mass is 16.9. The van der Waals surface area contributed by atoms with E-state index in [-0.39, 0.29) is 11.5 Å². The Morgan fingerprint density at radius 1 is 1.00 bits per heavy atom. The summed E-state index contributed by atoms with van der Waals surface area (Å²) >= 11 is 0. The van der Waals surface area contributed by atoms with Crippen LogP contribution in [0.4, 0.5) is 0 Å². The van der Waals surface area contributed by atoms with Crippen LogP contribution in [0, 0.1) is 23.7 Å². The maximum absolute atomic E-state index is 10.6. The molecule has 4 nitrogen and oxygen atoms in total. The van der Waals surface area contributed by atoms with E-state index < -0.39 is 17.9 Å². The predicted octanol–water partition coefficient (Wildman–Crippen LogP) is 2.65. The van der Waals surface area contributed by atoms with Gasteiger partial charge in [0.2, 0.25) is 0 Å². The van der Waals surface area contributed by atoms with Crippen molar-refractivity contribution in [2.75, 3.05) is 0 Å². The van der Waals surface area contributed by atoms with Crippen LogP contribution in [0.25, 0.3) is 0 Å². The van der Waals surface area contributed by atoms with Crippen molar-refractivity contribution in [1.82, 2.24) is 0 Å². The maximum atomic E-state index is 10.6. The van der Waals surface area contributed by atoms with Crippen LogP contribution in [0.2, 0.25) is 0 Å². The van der Waals surface area contributed by atoms with Crippen LogP contribution in [0.3, 0.4) is 0 Å². The van der Waals surface area contributed by atoms with Gasteiger partial charge in [0.05, 0.1) is 0 Å². The monoisotopic (exact) mass is 282 g/mol. The van der Waals surface area contributed by atoms with Gasteiger partial charge in [-0.3, -0.25) is 0 Å². The number of hydrogen-bond donors (Lipinski definition) is 1. The van der Waals surface area contributed by atoms with E-state index in [1.165, 1.54) is 6.42 Å². The lowest BCUT2D eigenvalue weighted by molar-refractivity contribution is -0.371. The van der Waals surface area contributed by atoms with Gasteiger partial charge >= 0.3 is 0 Å². The summed E-state index contributed by atoms with van der Waals surface area (Å²) in [7, 11) is 0. The fourth-order valence-corrected chi connectivity index (χ4v) is 5.35. The zero-order valence-corrected chi connectivity index (χ0v) is 12.9. The fraction of sp³-hybridized carbons (Fsp3) is 1.00. The molecule has 1 saturated carbocycles. The van der Waals surface area contributed by atoms with Crippen molar-refractivity contribution in [3.63, 3.8) is 0 Å². The van der Waals surface area contributed by atoms with Gasteiger partial charge in [0.15, 0.2) is 17.9 Å². The van der Waals surface area contributed by atoms with E-state index in [1.807, 2.05) is 6.92 Å². The molecule has 4 fully saturated rings. The summed E-state index contributed by atoms with van der Waals surface area (Å²) in [5.41, 5.74) is -0.341. The van der Waals surface area contributed by atoms with E-state index in [1.54, 1.807) is 6.92 Å². The second-order valence-corrected chi connectivity index (χ2v) is 7.81. The van der Waals surface area contributed by atoms with Crippen LogP contribution in [0.1, 0.15) is 53.4 Å². The van der Waals surface area contributed by atoms with E-state index in [4.69, 9.17) is 14.2 Å². The normalized spacial score (nSPS) is 65.0. The molecule has 1 spiro atoms. The molecule has 4 rings (SSSR count). The second kappa shape index (κ2) is 3.78. The van der Waals surface area contributed by atoms with Gasteiger partial charge < -0.3 is 19.3 Å². The van der Waals surface area contributed by atoms with Crippen LogP contribution >= 0.6 is 0 Å². The Kier molecular flexibility index (Phi) is 2.55. The lowest BCUT2D eigenvalue weighted by atomic mass is 9.56. The summed E-state index contributed by atoms with van der Waals surface area (Å²) in [6, 6.07) is 0. The number of hydrogen-bond acceptors (Lipinski definition) is 4. The maximum Gasteiger partial charge on any atom is 0.193 e. The first-order valence-electron chi connectivity index (χ1n) is 8.07. The molecule has 3 heterocycles. The first-order chi connectivity index (χ1) is 9.29. The zero-order valence-electron chi connectivity index (χ0n) is 12.9. The average Bonchev–Trinajstić information content (AvgIpc) is 2.55. The summed E-state index contributed by atoms with van der Waals surface area (Å²) in [4.78, 5) is 0. The Bertz CT molecular complexity index is 436. The van der Waals surface area contributed by atoms with Gasteiger partial charge in [-0.15, -0.1) is 0 Å². The molecule has 4 aliphatic rings. The molecule has 0 aromatic heterocycles. The first kappa shape index (κ1) is 13.5. The molecular weight excluding hydrogens is 256 g/mol. The highest BCUT2D eigenvalue weighted by Crippen LogP contribution is 2.64. The number of rotatable bonds is 0. The van der Waals surface area contributed by atoms with Crippen molar-refractivity contribution in [2.24, 2.45) is 23.7 Å².